The number of hydrogen-bond acceptors (Lipinski definition) is 6. The predicted molar refractivity (Wildman–Crippen MR) is 63.8 cm³/mol. The van der Waals surface area contributed by atoms with Crippen LogP contribution in [0.25, 0.3) is 0 Å². The molecule has 0 radical (unpaired) electrons. The van der Waals surface area contributed by atoms with Crippen LogP contribution in [0, 0.1) is 22.4 Å². The summed E-state index contributed by atoms with van der Waals surface area (Å²) in [5, 5.41) is 20.5. The Morgan fingerprint density at radius 1 is 1.76 bits per heavy atom. The van der Waals surface area contributed by atoms with Crippen molar-refractivity contribution in [2.75, 3.05) is 5.32 Å². The van der Waals surface area contributed by atoms with Crippen LogP contribution in [0.1, 0.15) is 12.0 Å². The highest BCUT2D eigenvalue weighted by Crippen LogP contribution is 2.18. The van der Waals surface area contributed by atoms with E-state index >= 15 is 0 Å². The molecule has 0 bridgehead atoms. The number of amidine groups is 1. The van der Waals surface area contributed by atoms with Crippen molar-refractivity contribution >= 4 is 17.3 Å². The first-order valence-corrected chi connectivity index (χ1v) is 4.86. The largest absolute Gasteiger partial charge is 0.388 e. The number of aromatic nitrogens is 1. The molecule has 0 saturated heterocycles. The van der Waals surface area contributed by atoms with Gasteiger partial charge in [0.25, 0.3) is 5.69 Å². The lowest BCUT2D eigenvalue weighted by Crippen LogP contribution is -2.34. The van der Waals surface area contributed by atoms with Crippen LogP contribution in [0.15, 0.2) is 12.3 Å². The van der Waals surface area contributed by atoms with Crippen LogP contribution in [0.4, 0.5) is 11.5 Å². The first kappa shape index (κ1) is 12.8. The fraction of sp³-hybridized carbons (Fsp3) is 0.333. The maximum Gasteiger partial charge on any atom is 0.290 e. The summed E-state index contributed by atoms with van der Waals surface area (Å²) in [4.78, 5) is 13.9. The molecular formula is C9H14N6O2. The number of anilines is 1. The van der Waals surface area contributed by atoms with Crippen molar-refractivity contribution in [3.8, 4) is 0 Å². The van der Waals surface area contributed by atoms with Crippen molar-refractivity contribution < 1.29 is 4.92 Å². The van der Waals surface area contributed by atoms with E-state index in [1.807, 2.05) is 0 Å². The molecule has 0 fully saturated rings. The molecule has 0 aliphatic rings. The average molecular weight is 238 g/mol. The monoisotopic (exact) mass is 238 g/mol. The number of nitrogens with one attached hydrogen (secondary N) is 2. The molecule has 8 nitrogen and oxygen atoms in total. The third-order valence-electron chi connectivity index (χ3n) is 2.05. The van der Waals surface area contributed by atoms with Crippen molar-refractivity contribution in [3.05, 3.63) is 27.9 Å². The molecule has 1 aromatic rings. The quantitative estimate of drug-likeness (QED) is 0.191. The first-order valence-electron chi connectivity index (χ1n) is 4.86. The zero-order chi connectivity index (χ0) is 13.0. The van der Waals surface area contributed by atoms with Gasteiger partial charge in [-0.05, 0) is 13.0 Å². The Morgan fingerprint density at radius 3 is 2.88 bits per heavy atom. The lowest BCUT2D eigenvalue weighted by Gasteiger charge is -2.13. The topological polar surface area (TPSA) is 144 Å². The maximum absolute atomic E-state index is 10.6. The zero-order valence-electron chi connectivity index (χ0n) is 9.30. The molecule has 0 aliphatic heterocycles. The second kappa shape index (κ2) is 5.21. The van der Waals surface area contributed by atoms with Crippen LogP contribution in [-0.2, 0) is 0 Å². The number of aryl methyl sites for hydroxylation is 1. The minimum Gasteiger partial charge on any atom is -0.388 e. The highest BCUT2D eigenvalue weighted by Gasteiger charge is 2.12. The third kappa shape index (κ3) is 3.68. The minimum absolute atomic E-state index is 0.0383. The van der Waals surface area contributed by atoms with Gasteiger partial charge in [-0.25, -0.2) is 4.98 Å². The molecule has 0 aromatic carbocycles. The molecule has 0 spiro atoms. The molecule has 0 aliphatic carbocycles. The Bertz CT molecular complexity index is 447. The van der Waals surface area contributed by atoms with Gasteiger partial charge in [0.15, 0.2) is 0 Å². The van der Waals surface area contributed by atoms with Crippen LogP contribution >= 0.6 is 0 Å². The van der Waals surface area contributed by atoms with E-state index in [9.17, 15) is 10.1 Å². The molecule has 8 heteroatoms. The van der Waals surface area contributed by atoms with Gasteiger partial charge in [-0.3, -0.25) is 15.5 Å². The third-order valence-corrected chi connectivity index (χ3v) is 2.05. The first-order chi connectivity index (χ1) is 7.90. The van der Waals surface area contributed by atoms with Crippen LogP contribution in [0.2, 0.25) is 0 Å². The summed E-state index contributed by atoms with van der Waals surface area (Å²) in [5.41, 5.74) is 11.3. The normalized spacial score (nSPS) is 11.9. The number of pyridine rings is 1. The van der Waals surface area contributed by atoms with Gasteiger partial charge < -0.3 is 16.8 Å². The summed E-state index contributed by atoms with van der Waals surface area (Å²) in [7, 11) is 0. The number of hydrogen-bond donors (Lipinski definition) is 4. The molecule has 1 heterocycles. The Morgan fingerprint density at radius 2 is 2.41 bits per heavy atom. The fourth-order valence-electron chi connectivity index (χ4n) is 1.30. The van der Waals surface area contributed by atoms with Gasteiger partial charge in [0, 0.05) is 12.0 Å². The zero-order valence-corrected chi connectivity index (χ0v) is 9.30. The minimum atomic E-state index is -0.541. The van der Waals surface area contributed by atoms with E-state index in [0.717, 1.165) is 6.20 Å². The van der Waals surface area contributed by atoms with Gasteiger partial charge in [-0.1, -0.05) is 0 Å². The summed E-state index contributed by atoms with van der Waals surface area (Å²) in [5.74, 6) is 0.380. The van der Waals surface area contributed by atoms with E-state index in [-0.39, 0.29) is 17.9 Å². The summed E-state index contributed by atoms with van der Waals surface area (Å²) < 4.78 is 0. The summed E-state index contributed by atoms with van der Waals surface area (Å²) >= 11 is 0. The SMILES string of the molecule is Cc1cc(NC(N)CC(=N)N)ncc1[N+](=O)[O-]. The molecule has 1 atom stereocenters. The van der Waals surface area contributed by atoms with E-state index in [0.29, 0.717) is 11.4 Å². The Hall–Kier alpha value is -2.22. The lowest BCUT2D eigenvalue weighted by molar-refractivity contribution is -0.385. The van der Waals surface area contributed by atoms with Crippen LogP contribution in [0.5, 0.6) is 0 Å². The van der Waals surface area contributed by atoms with E-state index < -0.39 is 11.1 Å². The van der Waals surface area contributed by atoms with Gasteiger partial charge in [-0.2, -0.15) is 0 Å². The Labute approximate surface area is 97.7 Å². The summed E-state index contributed by atoms with van der Waals surface area (Å²) in [6, 6.07) is 1.53. The van der Waals surface area contributed by atoms with Crippen molar-refractivity contribution in [2.24, 2.45) is 11.5 Å². The number of rotatable bonds is 5. The van der Waals surface area contributed by atoms with Crippen molar-refractivity contribution in [1.82, 2.24) is 4.98 Å². The standard InChI is InChI=1S/C9H14N6O2/c1-5-2-9(13-4-6(5)15(16)17)14-8(12)3-7(10)11/h2,4,8H,3,12H2,1H3,(H3,10,11)(H,13,14). The highest BCUT2D eigenvalue weighted by atomic mass is 16.6. The summed E-state index contributed by atoms with van der Waals surface area (Å²) in [6.45, 7) is 1.61. The molecular weight excluding hydrogens is 224 g/mol. The van der Waals surface area contributed by atoms with Crippen LogP contribution in [-0.4, -0.2) is 21.9 Å². The maximum atomic E-state index is 10.6. The molecule has 0 amide bonds. The molecule has 0 saturated carbocycles. The smallest absolute Gasteiger partial charge is 0.290 e. The average Bonchev–Trinajstić information content (AvgIpc) is 2.15. The van der Waals surface area contributed by atoms with Crippen molar-refractivity contribution in [1.29, 1.82) is 5.41 Å². The molecule has 1 rings (SSSR count). The molecule has 17 heavy (non-hydrogen) atoms. The van der Waals surface area contributed by atoms with Crippen molar-refractivity contribution in [2.45, 2.75) is 19.5 Å². The van der Waals surface area contributed by atoms with Gasteiger partial charge in [0.2, 0.25) is 0 Å². The van der Waals surface area contributed by atoms with Gasteiger partial charge in [-0.15, -0.1) is 0 Å². The molecule has 1 unspecified atom stereocenters. The predicted octanol–water partition coefficient (Wildman–Crippen LogP) is 0.321. The fourth-order valence-corrected chi connectivity index (χ4v) is 1.30. The number of nitrogens with two attached hydrogens (primary N) is 2. The summed E-state index contributed by atoms with van der Waals surface area (Å²) in [6.07, 6.45) is 0.802. The molecule has 92 valence electrons. The van der Waals surface area contributed by atoms with Gasteiger partial charge >= 0.3 is 0 Å². The van der Waals surface area contributed by atoms with E-state index in [4.69, 9.17) is 16.9 Å². The Balaban J connectivity index is 2.77. The van der Waals surface area contributed by atoms with E-state index in [1.54, 1.807) is 6.92 Å². The van der Waals surface area contributed by atoms with Crippen LogP contribution < -0.4 is 16.8 Å². The van der Waals surface area contributed by atoms with Gasteiger partial charge in [0.05, 0.1) is 16.9 Å². The van der Waals surface area contributed by atoms with E-state index in [1.165, 1.54) is 6.07 Å². The lowest BCUT2D eigenvalue weighted by atomic mass is 10.2. The molecule has 6 N–H and O–H groups in total. The Kier molecular flexibility index (Phi) is 3.94. The second-order valence-electron chi connectivity index (χ2n) is 3.59. The number of nitrogens with zero attached hydrogens (tertiary/aromatic N) is 2. The second-order valence-corrected chi connectivity index (χ2v) is 3.59. The van der Waals surface area contributed by atoms with Gasteiger partial charge in [0.1, 0.15) is 12.0 Å². The van der Waals surface area contributed by atoms with E-state index in [2.05, 4.69) is 10.3 Å². The van der Waals surface area contributed by atoms with Crippen molar-refractivity contribution in [3.63, 3.8) is 0 Å². The number of nitro groups is 1. The highest BCUT2D eigenvalue weighted by molar-refractivity contribution is 5.77. The van der Waals surface area contributed by atoms with Crippen LogP contribution in [0.3, 0.4) is 0 Å². The molecule has 1 aromatic heterocycles.